The van der Waals surface area contributed by atoms with Crippen molar-refractivity contribution in [2.75, 3.05) is 0 Å². The number of H-pyrrole nitrogens is 1. The first-order chi connectivity index (χ1) is 6.27. The second kappa shape index (κ2) is 3.23. The first kappa shape index (κ1) is 8.33. The molecule has 0 saturated heterocycles. The molecule has 0 aliphatic heterocycles. The summed E-state index contributed by atoms with van der Waals surface area (Å²) in [7, 11) is 0. The highest BCUT2D eigenvalue weighted by Crippen LogP contribution is 2.15. The maximum Gasteiger partial charge on any atom is 0.157 e. The van der Waals surface area contributed by atoms with E-state index in [1.165, 1.54) is 6.33 Å². The Morgan fingerprint density at radius 1 is 1.62 bits per heavy atom. The van der Waals surface area contributed by atoms with E-state index < -0.39 is 11.1 Å². The van der Waals surface area contributed by atoms with Gasteiger partial charge in [0.1, 0.15) is 12.0 Å². The van der Waals surface area contributed by atoms with Gasteiger partial charge < -0.3 is 9.54 Å². The Morgan fingerprint density at radius 2 is 2.46 bits per heavy atom. The number of hydrogen-bond donors (Lipinski definition) is 2. The minimum absolute atomic E-state index is 0.105. The van der Waals surface area contributed by atoms with Crippen LogP contribution in [-0.4, -0.2) is 23.7 Å². The lowest BCUT2D eigenvalue weighted by molar-refractivity contribution is 0.563. The monoisotopic (exact) mass is 197 g/mol. The Morgan fingerprint density at radius 3 is 3.23 bits per heavy atom. The van der Waals surface area contributed by atoms with Crippen LogP contribution in [0.4, 0.5) is 0 Å². The Labute approximate surface area is 76.5 Å². The lowest BCUT2D eigenvalue weighted by atomic mass is 10.3. The molecule has 0 bridgehead atoms. The summed E-state index contributed by atoms with van der Waals surface area (Å²) in [5, 5.41) is 0.796. The first-order valence-corrected chi connectivity index (χ1v) is 4.88. The molecule has 0 aliphatic carbocycles. The van der Waals surface area contributed by atoms with Gasteiger partial charge in [-0.3, -0.25) is 0 Å². The second-order valence-corrected chi connectivity index (χ2v) is 3.50. The standard InChI is InChI=1S/C7H7N3O2S/c11-13(12)3-5-1-9-7-6(5)2-8-4-10-7/h1-2,4H,3H2,(H,11,12)(H,8,9,10). The fourth-order valence-corrected chi connectivity index (χ4v) is 1.67. The number of rotatable bonds is 2. The van der Waals surface area contributed by atoms with Crippen molar-refractivity contribution in [2.24, 2.45) is 0 Å². The third-order valence-corrected chi connectivity index (χ3v) is 2.28. The molecule has 0 saturated carbocycles. The molecule has 1 atom stereocenters. The SMILES string of the molecule is O=S(O)Cc1c[nH]c2ncncc12. The first-order valence-electron chi connectivity index (χ1n) is 3.61. The van der Waals surface area contributed by atoms with Gasteiger partial charge in [0.2, 0.25) is 0 Å². The van der Waals surface area contributed by atoms with Gasteiger partial charge in [0.25, 0.3) is 0 Å². The molecule has 2 aromatic rings. The van der Waals surface area contributed by atoms with Crippen LogP contribution in [0.5, 0.6) is 0 Å². The molecule has 2 aromatic heterocycles. The van der Waals surface area contributed by atoms with E-state index in [9.17, 15) is 4.21 Å². The molecule has 2 N–H and O–H groups in total. The molecule has 13 heavy (non-hydrogen) atoms. The fourth-order valence-electron chi connectivity index (χ4n) is 1.17. The van der Waals surface area contributed by atoms with Gasteiger partial charge in [-0.05, 0) is 5.56 Å². The van der Waals surface area contributed by atoms with Crippen LogP contribution in [0.1, 0.15) is 5.56 Å². The van der Waals surface area contributed by atoms with E-state index in [-0.39, 0.29) is 5.75 Å². The zero-order valence-electron chi connectivity index (χ0n) is 6.60. The average Bonchev–Trinajstić information content (AvgIpc) is 2.48. The van der Waals surface area contributed by atoms with Crippen LogP contribution in [0.15, 0.2) is 18.7 Å². The highest BCUT2D eigenvalue weighted by atomic mass is 32.2. The number of hydrogen-bond acceptors (Lipinski definition) is 3. The summed E-state index contributed by atoms with van der Waals surface area (Å²) in [6.07, 6.45) is 4.73. The molecule has 0 radical (unpaired) electrons. The molecule has 0 amide bonds. The quantitative estimate of drug-likeness (QED) is 0.694. The molecular formula is C7H7N3O2S. The van der Waals surface area contributed by atoms with E-state index in [2.05, 4.69) is 15.0 Å². The molecule has 2 heterocycles. The van der Waals surface area contributed by atoms with E-state index in [1.807, 2.05) is 0 Å². The van der Waals surface area contributed by atoms with Crippen LogP contribution < -0.4 is 0 Å². The summed E-state index contributed by atoms with van der Waals surface area (Å²) in [4.78, 5) is 10.7. The summed E-state index contributed by atoms with van der Waals surface area (Å²) >= 11 is -1.83. The predicted octanol–water partition coefficient (Wildman–Crippen LogP) is 0.680. The van der Waals surface area contributed by atoms with E-state index in [1.54, 1.807) is 12.4 Å². The fraction of sp³-hybridized carbons (Fsp3) is 0.143. The maximum atomic E-state index is 10.6. The van der Waals surface area contributed by atoms with E-state index in [0.717, 1.165) is 10.9 Å². The maximum absolute atomic E-state index is 10.6. The minimum atomic E-state index is -1.83. The second-order valence-electron chi connectivity index (χ2n) is 2.56. The molecule has 2 rings (SSSR count). The molecule has 6 heteroatoms. The van der Waals surface area contributed by atoms with Crippen molar-refractivity contribution >= 4 is 22.1 Å². The number of aromatic nitrogens is 3. The van der Waals surface area contributed by atoms with Gasteiger partial charge in [-0.15, -0.1) is 0 Å². The number of nitrogens with one attached hydrogen (secondary N) is 1. The van der Waals surface area contributed by atoms with Gasteiger partial charge in [-0.1, -0.05) is 0 Å². The van der Waals surface area contributed by atoms with Crippen molar-refractivity contribution in [3.63, 3.8) is 0 Å². The summed E-state index contributed by atoms with van der Waals surface area (Å²) in [5.74, 6) is 0.105. The summed E-state index contributed by atoms with van der Waals surface area (Å²) < 4.78 is 19.3. The Bertz CT molecular complexity index is 454. The molecule has 0 fully saturated rings. The average molecular weight is 197 g/mol. The summed E-state index contributed by atoms with van der Waals surface area (Å²) in [5.41, 5.74) is 1.45. The van der Waals surface area contributed by atoms with Gasteiger partial charge in [0.05, 0.1) is 5.75 Å². The predicted molar refractivity (Wildman–Crippen MR) is 48.4 cm³/mol. The third-order valence-electron chi connectivity index (χ3n) is 1.72. The normalized spacial score (nSPS) is 13.3. The summed E-state index contributed by atoms with van der Waals surface area (Å²) in [6, 6.07) is 0. The minimum Gasteiger partial charge on any atom is -0.346 e. The van der Waals surface area contributed by atoms with Gasteiger partial charge >= 0.3 is 0 Å². The van der Waals surface area contributed by atoms with Gasteiger partial charge in [-0.25, -0.2) is 14.2 Å². The van der Waals surface area contributed by atoms with Crippen LogP contribution in [0.3, 0.4) is 0 Å². The largest absolute Gasteiger partial charge is 0.346 e. The topological polar surface area (TPSA) is 78.9 Å². The van der Waals surface area contributed by atoms with Gasteiger partial charge in [0, 0.05) is 17.8 Å². The number of fused-ring (bicyclic) bond motifs is 1. The molecule has 0 aliphatic rings. The van der Waals surface area contributed by atoms with E-state index in [4.69, 9.17) is 4.55 Å². The molecule has 1 unspecified atom stereocenters. The van der Waals surface area contributed by atoms with Crippen molar-refractivity contribution < 1.29 is 8.76 Å². The van der Waals surface area contributed by atoms with Crippen molar-refractivity contribution in [1.82, 2.24) is 15.0 Å². The highest BCUT2D eigenvalue weighted by molar-refractivity contribution is 7.78. The highest BCUT2D eigenvalue weighted by Gasteiger charge is 2.06. The third kappa shape index (κ3) is 1.58. The molecule has 5 nitrogen and oxygen atoms in total. The van der Waals surface area contributed by atoms with Crippen LogP contribution in [-0.2, 0) is 16.8 Å². The zero-order chi connectivity index (χ0) is 9.26. The van der Waals surface area contributed by atoms with Crippen molar-refractivity contribution in [2.45, 2.75) is 5.75 Å². The number of aromatic amines is 1. The van der Waals surface area contributed by atoms with Crippen molar-refractivity contribution in [3.8, 4) is 0 Å². The molecule has 68 valence electrons. The Hall–Kier alpha value is -1.27. The van der Waals surface area contributed by atoms with Crippen LogP contribution in [0, 0.1) is 0 Å². The molecular weight excluding hydrogens is 190 g/mol. The van der Waals surface area contributed by atoms with Crippen LogP contribution >= 0.6 is 0 Å². The molecule has 0 spiro atoms. The Kier molecular flexibility index (Phi) is 2.07. The number of nitrogens with zero attached hydrogens (tertiary/aromatic N) is 2. The lowest BCUT2D eigenvalue weighted by Crippen LogP contribution is -1.91. The van der Waals surface area contributed by atoms with E-state index >= 15 is 0 Å². The summed E-state index contributed by atoms with van der Waals surface area (Å²) in [6.45, 7) is 0. The Balaban J connectivity index is 2.51. The van der Waals surface area contributed by atoms with Gasteiger partial charge in [0.15, 0.2) is 11.1 Å². The van der Waals surface area contributed by atoms with Crippen molar-refractivity contribution in [1.29, 1.82) is 0 Å². The van der Waals surface area contributed by atoms with Gasteiger partial charge in [-0.2, -0.15) is 0 Å². The zero-order valence-corrected chi connectivity index (χ0v) is 7.41. The van der Waals surface area contributed by atoms with Crippen molar-refractivity contribution in [3.05, 3.63) is 24.3 Å². The smallest absolute Gasteiger partial charge is 0.157 e. The van der Waals surface area contributed by atoms with E-state index in [0.29, 0.717) is 5.65 Å². The van der Waals surface area contributed by atoms with Crippen LogP contribution in [0.25, 0.3) is 11.0 Å². The van der Waals surface area contributed by atoms with Crippen LogP contribution in [0.2, 0.25) is 0 Å². The lowest BCUT2D eigenvalue weighted by Gasteiger charge is -1.92. The molecule has 0 aromatic carbocycles.